The van der Waals surface area contributed by atoms with Gasteiger partial charge in [-0.1, -0.05) is 24.3 Å². The number of aromatic hydroxyl groups is 2. The summed E-state index contributed by atoms with van der Waals surface area (Å²) in [6.07, 6.45) is 2.40. The summed E-state index contributed by atoms with van der Waals surface area (Å²) in [7, 11) is 0. The Bertz CT molecular complexity index is 737. The topological polar surface area (TPSA) is 155 Å². The monoisotopic (exact) mass is 344 g/mol. The Hall–Kier alpha value is -3.72. The number of phenols is 2. The van der Waals surface area contributed by atoms with Crippen molar-refractivity contribution < 1.29 is 25.3 Å². The molecule has 2 aromatic carbocycles. The Balaban J connectivity index is 0.00000312. The molecule has 9 nitrogen and oxygen atoms in total. The molecule has 0 radical (unpaired) electrons. The number of benzene rings is 2. The van der Waals surface area contributed by atoms with Crippen LogP contribution in [0.25, 0.3) is 0 Å². The Labute approximate surface area is 142 Å². The summed E-state index contributed by atoms with van der Waals surface area (Å²) < 4.78 is 0. The van der Waals surface area contributed by atoms with Crippen molar-refractivity contribution in [2.24, 2.45) is 10.2 Å². The van der Waals surface area contributed by atoms with Crippen molar-refractivity contribution in [2.75, 3.05) is 0 Å². The van der Waals surface area contributed by atoms with Crippen LogP contribution >= 0.6 is 0 Å². The van der Waals surface area contributed by atoms with Gasteiger partial charge in [0.15, 0.2) is 0 Å². The average Bonchev–Trinajstić information content (AvgIpc) is 2.58. The third-order valence-corrected chi connectivity index (χ3v) is 2.82. The number of phenolic OH excluding ortho intramolecular Hbond substituents is 2. The highest BCUT2D eigenvalue weighted by molar-refractivity contribution is 6.35. The predicted octanol–water partition coefficient (Wildman–Crippen LogP) is -0.127. The maximum absolute atomic E-state index is 11.5. The van der Waals surface area contributed by atoms with Crippen molar-refractivity contribution in [3.63, 3.8) is 0 Å². The van der Waals surface area contributed by atoms with E-state index in [0.717, 1.165) is 0 Å². The third-order valence-electron chi connectivity index (χ3n) is 2.82. The van der Waals surface area contributed by atoms with E-state index in [1.54, 1.807) is 36.4 Å². The van der Waals surface area contributed by atoms with E-state index in [0.29, 0.717) is 11.1 Å². The molecule has 0 aromatic heterocycles. The van der Waals surface area contributed by atoms with Gasteiger partial charge in [0, 0.05) is 11.1 Å². The number of rotatable bonds is 4. The second-order valence-corrected chi connectivity index (χ2v) is 4.52. The van der Waals surface area contributed by atoms with Crippen molar-refractivity contribution in [1.29, 1.82) is 0 Å². The summed E-state index contributed by atoms with van der Waals surface area (Å²) in [5.74, 6) is -2.08. The predicted molar refractivity (Wildman–Crippen MR) is 91.3 cm³/mol. The Morgan fingerprint density at radius 2 is 1.12 bits per heavy atom. The minimum atomic E-state index is -1.03. The Kier molecular flexibility index (Phi) is 7.29. The fourth-order valence-electron chi connectivity index (χ4n) is 1.62. The van der Waals surface area contributed by atoms with Crippen LogP contribution in [-0.2, 0) is 9.59 Å². The molecule has 0 unspecified atom stereocenters. The fourth-order valence-corrected chi connectivity index (χ4v) is 1.62. The van der Waals surface area contributed by atoms with E-state index in [1.807, 2.05) is 10.9 Å². The summed E-state index contributed by atoms with van der Waals surface area (Å²) in [6.45, 7) is 0. The van der Waals surface area contributed by atoms with E-state index in [9.17, 15) is 19.8 Å². The second-order valence-electron chi connectivity index (χ2n) is 4.52. The summed E-state index contributed by atoms with van der Waals surface area (Å²) in [5, 5.41) is 26.2. The summed E-state index contributed by atoms with van der Waals surface area (Å²) >= 11 is 0. The molecule has 130 valence electrons. The van der Waals surface area contributed by atoms with Gasteiger partial charge in [-0.15, -0.1) is 0 Å². The second kappa shape index (κ2) is 9.43. The van der Waals surface area contributed by atoms with Crippen LogP contribution in [0.5, 0.6) is 11.5 Å². The molecule has 0 aliphatic heterocycles. The molecule has 2 amide bonds. The number of hydrazone groups is 2. The summed E-state index contributed by atoms with van der Waals surface area (Å²) in [6, 6.07) is 12.7. The molecule has 0 saturated carbocycles. The molecule has 0 aliphatic carbocycles. The molecule has 0 spiro atoms. The first-order valence-electron chi connectivity index (χ1n) is 6.80. The van der Waals surface area contributed by atoms with Crippen molar-refractivity contribution in [3.8, 4) is 11.5 Å². The SMILES string of the molecule is O.O=C(N/N=C/c1ccccc1O)C(=O)N/N=C/c1ccccc1O. The van der Waals surface area contributed by atoms with Gasteiger partial charge < -0.3 is 15.7 Å². The first kappa shape index (κ1) is 19.3. The Morgan fingerprint density at radius 1 is 0.760 bits per heavy atom. The molecule has 25 heavy (non-hydrogen) atoms. The van der Waals surface area contributed by atoms with Crippen LogP contribution in [0.1, 0.15) is 11.1 Å². The normalized spacial score (nSPS) is 10.4. The lowest BCUT2D eigenvalue weighted by molar-refractivity contribution is -0.139. The van der Waals surface area contributed by atoms with Crippen molar-refractivity contribution >= 4 is 24.2 Å². The number of hydrogen-bond acceptors (Lipinski definition) is 6. The van der Waals surface area contributed by atoms with E-state index in [4.69, 9.17) is 0 Å². The molecule has 2 aromatic rings. The van der Waals surface area contributed by atoms with Crippen molar-refractivity contribution in [1.82, 2.24) is 10.9 Å². The molecular weight excluding hydrogens is 328 g/mol. The summed E-state index contributed by atoms with van der Waals surface area (Å²) in [5.41, 5.74) is 4.77. The quantitative estimate of drug-likeness (QED) is 0.346. The van der Waals surface area contributed by atoms with Gasteiger partial charge >= 0.3 is 11.8 Å². The lowest BCUT2D eigenvalue weighted by Gasteiger charge is -2.00. The smallest absolute Gasteiger partial charge is 0.331 e. The number of amides is 2. The number of carbonyl (C=O) groups excluding carboxylic acids is 2. The van der Waals surface area contributed by atoms with E-state index < -0.39 is 11.8 Å². The van der Waals surface area contributed by atoms with Crippen LogP contribution in [-0.4, -0.2) is 39.9 Å². The lowest BCUT2D eigenvalue weighted by atomic mass is 10.2. The lowest BCUT2D eigenvalue weighted by Crippen LogP contribution is -2.35. The Morgan fingerprint density at radius 3 is 1.48 bits per heavy atom. The molecule has 0 atom stereocenters. The van der Waals surface area contributed by atoms with Gasteiger partial charge in [-0.3, -0.25) is 9.59 Å². The van der Waals surface area contributed by atoms with E-state index in [1.165, 1.54) is 24.6 Å². The first-order valence-corrected chi connectivity index (χ1v) is 6.80. The largest absolute Gasteiger partial charge is 0.507 e. The maximum atomic E-state index is 11.5. The summed E-state index contributed by atoms with van der Waals surface area (Å²) in [4.78, 5) is 23.0. The van der Waals surface area contributed by atoms with Gasteiger partial charge in [0.1, 0.15) is 11.5 Å². The van der Waals surface area contributed by atoms with Crippen LogP contribution in [0, 0.1) is 0 Å². The minimum absolute atomic E-state index is 0. The first-order chi connectivity index (χ1) is 11.6. The highest BCUT2D eigenvalue weighted by atomic mass is 16.3. The van der Waals surface area contributed by atoms with E-state index in [2.05, 4.69) is 10.2 Å². The number of para-hydroxylation sites is 2. The number of carbonyl (C=O) groups is 2. The van der Waals surface area contributed by atoms with E-state index in [-0.39, 0.29) is 17.0 Å². The molecule has 0 heterocycles. The van der Waals surface area contributed by atoms with Crippen LogP contribution in [0.2, 0.25) is 0 Å². The standard InChI is InChI=1S/C16H14N4O4.H2O/c21-13-7-3-1-5-11(13)9-17-19-15(23)16(24)20-18-10-12-6-2-4-8-14(12)22;/h1-10,21-22H,(H,19,23)(H,20,24);1H2/b17-9+,18-10+;. The minimum Gasteiger partial charge on any atom is -0.507 e. The number of nitrogens with one attached hydrogen (secondary N) is 2. The van der Waals surface area contributed by atoms with Gasteiger partial charge in [0.25, 0.3) is 0 Å². The number of hydrogen-bond donors (Lipinski definition) is 4. The molecular formula is C16H16N4O5. The van der Waals surface area contributed by atoms with Crippen LogP contribution < -0.4 is 10.9 Å². The van der Waals surface area contributed by atoms with Gasteiger partial charge in [0.2, 0.25) is 0 Å². The maximum Gasteiger partial charge on any atom is 0.331 e. The molecule has 0 aliphatic rings. The van der Waals surface area contributed by atoms with Crippen molar-refractivity contribution in [3.05, 3.63) is 59.7 Å². The number of nitrogens with zero attached hydrogens (tertiary/aromatic N) is 2. The fraction of sp³-hybridized carbons (Fsp3) is 0. The van der Waals surface area contributed by atoms with Crippen molar-refractivity contribution in [2.45, 2.75) is 0 Å². The molecule has 9 heteroatoms. The van der Waals surface area contributed by atoms with Gasteiger partial charge in [-0.05, 0) is 24.3 Å². The van der Waals surface area contributed by atoms with Crippen LogP contribution in [0.3, 0.4) is 0 Å². The zero-order valence-electron chi connectivity index (χ0n) is 12.9. The average molecular weight is 344 g/mol. The van der Waals surface area contributed by atoms with Crippen LogP contribution in [0.15, 0.2) is 58.7 Å². The highest BCUT2D eigenvalue weighted by Crippen LogP contribution is 2.13. The zero-order chi connectivity index (χ0) is 17.4. The van der Waals surface area contributed by atoms with Gasteiger partial charge in [-0.2, -0.15) is 10.2 Å². The molecule has 0 saturated heterocycles. The van der Waals surface area contributed by atoms with Gasteiger partial charge in [-0.25, -0.2) is 10.9 Å². The third kappa shape index (κ3) is 5.77. The van der Waals surface area contributed by atoms with Gasteiger partial charge in [0.05, 0.1) is 12.4 Å². The molecule has 0 bridgehead atoms. The van der Waals surface area contributed by atoms with E-state index >= 15 is 0 Å². The molecule has 0 fully saturated rings. The molecule has 2 rings (SSSR count). The van der Waals surface area contributed by atoms with Crippen LogP contribution in [0.4, 0.5) is 0 Å². The highest BCUT2D eigenvalue weighted by Gasteiger charge is 2.11. The zero-order valence-corrected chi connectivity index (χ0v) is 12.9. The molecule has 6 N–H and O–H groups in total.